The van der Waals surface area contributed by atoms with Gasteiger partial charge in [0.05, 0.1) is 22.6 Å². The van der Waals surface area contributed by atoms with E-state index >= 15 is 0 Å². The maximum atomic E-state index is 12.0. The molecule has 0 aliphatic rings. The molecule has 0 bridgehead atoms. The van der Waals surface area contributed by atoms with E-state index in [1.807, 2.05) is 37.4 Å². The van der Waals surface area contributed by atoms with Crippen molar-refractivity contribution in [1.29, 1.82) is 0 Å². The summed E-state index contributed by atoms with van der Waals surface area (Å²) >= 11 is 12.0. The average Bonchev–Trinajstić information content (AvgIpc) is 2.79. The molecule has 0 radical (unpaired) electrons. The SMILES string of the molecule is C[NH+](Cc1ccc(Cl)c(Cl)c1)Cn1c(=O)oc2ccccc21. The Morgan fingerprint density at radius 3 is 2.68 bits per heavy atom. The second-order valence-electron chi connectivity index (χ2n) is 5.30. The summed E-state index contributed by atoms with van der Waals surface area (Å²) in [6.45, 7) is 1.24. The van der Waals surface area contributed by atoms with E-state index in [1.165, 1.54) is 0 Å². The maximum absolute atomic E-state index is 12.0. The highest BCUT2D eigenvalue weighted by Crippen LogP contribution is 2.22. The van der Waals surface area contributed by atoms with Crippen molar-refractivity contribution in [3.05, 3.63) is 68.6 Å². The molecule has 2 aromatic carbocycles. The predicted octanol–water partition coefficient (Wildman–Crippen LogP) is 2.57. The Morgan fingerprint density at radius 2 is 1.91 bits per heavy atom. The van der Waals surface area contributed by atoms with Crippen LogP contribution in [0, 0.1) is 0 Å². The number of nitrogens with one attached hydrogen (secondary N) is 1. The first-order valence-electron chi connectivity index (χ1n) is 6.88. The minimum atomic E-state index is -0.338. The Morgan fingerprint density at radius 1 is 1.14 bits per heavy atom. The fourth-order valence-corrected chi connectivity index (χ4v) is 2.81. The van der Waals surface area contributed by atoms with E-state index in [0.717, 1.165) is 22.5 Å². The molecule has 1 unspecified atom stereocenters. The van der Waals surface area contributed by atoms with Gasteiger partial charge in [-0.1, -0.05) is 41.4 Å². The smallest absolute Gasteiger partial charge is 0.408 e. The molecule has 0 saturated heterocycles. The van der Waals surface area contributed by atoms with Gasteiger partial charge in [-0.15, -0.1) is 0 Å². The van der Waals surface area contributed by atoms with Crippen molar-refractivity contribution in [2.45, 2.75) is 13.2 Å². The van der Waals surface area contributed by atoms with Crippen LogP contribution in [0.2, 0.25) is 10.0 Å². The Bertz CT molecular complexity index is 870. The predicted molar refractivity (Wildman–Crippen MR) is 87.5 cm³/mol. The number of oxazole rings is 1. The molecule has 6 heteroatoms. The van der Waals surface area contributed by atoms with E-state index in [0.29, 0.717) is 22.3 Å². The van der Waals surface area contributed by atoms with Gasteiger partial charge in [-0.25, -0.2) is 9.36 Å². The highest BCUT2D eigenvalue weighted by atomic mass is 35.5. The van der Waals surface area contributed by atoms with Crippen molar-refractivity contribution < 1.29 is 9.32 Å². The minimum absolute atomic E-state index is 0.338. The summed E-state index contributed by atoms with van der Waals surface area (Å²) in [5.41, 5.74) is 2.48. The number of aromatic nitrogens is 1. The van der Waals surface area contributed by atoms with Crippen LogP contribution in [-0.2, 0) is 13.2 Å². The van der Waals surface area contributed by atoms with Crippen LogP contribution in [0.1, 0.15) is 5.56 Å². The number of nitrogens with zero attached hydrogens (tertiary/aromatic N) is 1. The number of fused-ring (bicyclic) bond motifs is 1. The molecule has 1 atom stereocenters. The highest BCUT2D eigenvalue weighted by Gasteiger charge is 2.13. The zero-order valence-electron chi connectivity index (χ0n) is 12.0. The molecule has 0 aliphatic carbocycles. The van der Waals surface area contributed by atoms with Crippen LogP contribution < -0.4 is 10.7 Å². The first-order valence-corrected chi connectivity index (χ1v) is 7.64. The lowest BCUT2D eigenvalue weighted by Gasteiger charge is -2.14. The van der Waals surface area contributed by atoms with E-state index in [-0.39, 0.29) is 5.76 Å². The number of halogens is 2. The molecule has 0 saturated carbocycles. The molecule has 114 valence electrons. The number of hydrogen-bond acceptors (Lipinski definition) is 2. The van der Waals surface area contributed by atoms with Crippen LogP contribution in [-0.4, -0.2) is 11.6 Å². The van der Waals surface area contributed by atoms with Gasteiger partial charge in [0.25, 0.3) is 0 Å². The molecule has 1 heterocycles. The third-order valence-corrected chi connectivity index (χ3v) is 4.23. The second kappa shape index (κ2) is 6.16. The molecule has 3 rings (SSSR count). The van der Waals surface area contributed by atoms with Crippen LogP contribution in [0.3, 0.4) is 0 Å². The van der Waals surface area contributed by atoms with Gasteiger partial charge in [0, 0.05) is 5.56 Å². The molecule has 3 aromatic rings. The zero-order valence-corrected chi connectivity index (χ0v) is 13.5. The quantitative estimate of drug-likeness (QED) is 0.794. The van der Waals surface area contributed by atoms with Gasteiger partial charge in [0.1, 0.15) is 6.54 Å². The van der Waals surface area contributed by atoms with E-state index in [1.54, 1.807) is 16.7 Å². The summed E-state index contributed by atoms with van der Waals surface area (Å²) < 4.78 is 6.88. The van der Waals surface area contributed by atoms with Gasteiger partial charge < -0.3 is 9.32 Å². The fraction of sp³-hybridized carbons (Fsp3) is 0.188. The Hall–Kier alpha value is -1.75. The normalized spacial score (nSPS) is 12.7. The van der Waals surface area contributed by atoms with E-state index in [2.05, 4.69) is 0 Å². The van der Waals surface area contributed by atoms with Crippen LogP contribution in [0.5, 0.6) is 0 Å². The van der Waals surface area contributed by atoms with E-state index < -0.39 is 0 Å². The van der Waals surface area contributed by atoms with Crippen molar-refractivity contribution in [3.63, 3.8) is 0 Å². The maximum Gasteiger partial charge on any atom is 0.424 e. The Balaban J connectivity index is 1.81. The van der Waals surface area contributed by atoms with Crippen molar-refractivity contribution in [2.75, 3.05) is 7.05 Å². The number of hydrogen-bond donors (Lipinski definition) is 1. The van der Waals surface area contributed by atoms with E-state index in [9.17, 15) is 4.79 Å². The van der Waals surface area contributed by atoms with Crippen molar-refractivity contribution in [1.82, 2.24) is 4.57 Å². The third kappa shape index (κ3) is 3.04. The van der Waals surface area contributed by atoms with Crippen LogP contribution in [0.25, 0.3) is 11.1 Å². The third-order valence-electron chi connectivity index (χ3n) is 3.49. The molecule has 1 aromatic heterocycles. The summed E-state index contributed by atoms with van der Waals surface area (Å²) in [6.07, 6.45) is 0. The van der Waals surface area contributed by atoms with Gasteiger partial charge >= 0.3 is 5.76 Å². The van der Waals surface area contributed by atoms with Gasteiger partial charge in [-0.05, 0) is 24.3 Å². The van der Waals surface area contributed by atoms with Gasteiger partial charge in [-0.3, -0.25) is 0 Å². The lowest BCUT2D eigenvalue weighted by molar-refractivity contribution is -0.916. The molecule has 1 N–H and O–H groups in total. The summed E-state index contributed by atoms with van der Waals surface area (Å²) in [5.74, 6) is -0.338. The lowest BCUT2D eigenvalue weighted by atomic mass is 10.2. The molecule has 0 amide bonds. The van der Waals surface area contributed by atoms with Gasteiger partial charge in [0.15, 0.2) is 12.3 Å². The molecular weight excluding hydrogens is 323 g/mol. The Kier molecular flexibility index (Phi) is 4.25. The van der Waals surface area contributed by atoms with E-state index in [4.69, 9.17) is 27.6 Å². The van der Waals surface area contributed by atoms with Crippen LogP contribution in [0.4, 0.5) is 0 Å². The van der Waals surface area contributed by atoms with Crippen LogP contribution in [0.15, 0.2) is 51.7 Å². The van der Waals surface area contributed by atoms with Gasteiger partial charge in [0.2, 0.25) is 0 Å². The molecule has 0 fully saturated rings. The second-order valence-corrected chi connectivity index (χ2v) is 6.12. The van der Waals surface area contributed by atoms with Crippen LogP contribution >= 0.6 is 23.2 Å². The summed E-state index contributed by atoms with van der Waals surface area (Å²) in [5, 5.41) is 1.08. The zero-order chi connectivity index (χ0) is 15.7. The summed E-state index contributed by atoms with van der Waals surface area (Å²) in [4.78, 5) is 13.1. The lowest BCUT2D eigenvalue weighted by Crippen LogP contribution is -3.07. The van der Waals surface area contributed by atoms with Crippen molar-refractivity contribution >= 4 is 34.3 Å². The number of benzene rings is 2. The van der Waals surface area contributed by atoms with Gasteiger partial charge in [-0.2, -0.15) is 0 Å². The monoisotopic (exact) mass is 337 g/mol. The number of para-hydroxylation sites is 2. The standard InChI is InChI=1S/C16H14Cl2N2O2/c1-19(9-11-6-7-12(17)13(18)8-11)10-20-14-4-2-3-5-15(14)22-16(20)21/h2-8H,9-10H2,1H3/p+1. The fourth-order valence-electron chi connectivity index (χ4n) is 2.49. The molecule has 0 spiro atoms. The highest BCUT2D eigenvalue weighted by molar-refractivity contribution is 6.42. The molecule has 22 heavy (non-hydrogen) atoms. The average molecular weight is 338 g/mol. The summed E-state index contributed by atoms with van der Waals surface area (Å²) in [6, 6.07) is 13.0. The molecule has 4 nitrogen and oxygen atoms in total. The first-order chi connectivity index (χ1) is 10.5. The van der Waals surface area contributed by atoms with Crippen molar-refractivity contribution in [2.24, 2.45) is 0 Å². The molecule has 0 aliphatic heterocycles. The minimum Gasteiger partial charge on any atom is -0.408 e. The topological polar surface area (TPSA) is 39.6 Å². The number of rotatable bonds is 4. The first kappa shape index (κ1) is 15.2. The number of quaternary nitrogens is 1. The Labute approximate surface area is 137 Å². The molecular formula is C16H15Cl2N2O2+. The summed E-state index contributed by atoms with van der Waals surface area (Å²) in [7, 11) is 2.01. The largest absolute Gasteiger partial charge is 0.424 e. The van der Waals surface area contributed by atoms with Crippen molar-refractivity contribution in [3.8, 4) is 0 Å².